The lowest BCUT2D eigenvalue weighted by molar-refractivity contribution is 0.925. The number of halogens is 1. The summed E-state index contributed by atoms with van der Waals surface area (Å²) in [5.74, 6) is 0.668. The number of aromatic nitrogens is 2. The maximum absolute atomic E-state index is 11.9. The van der Waals surface area contributed by atoms with E-state index in [-0.39, 0.29) is 18.0 Å². The molecule has 2 aromatic rings. The second kappa shape index (κ2) is 6.02. The fourth-order valence-electron chi connectivity index (χ4n) is 2.19. The van der Waals surface area contributed by atoms with Crippen LogP contribution < -0.4 is 5.56 Å². The second-order valence-electron chi connectivity index (χ2n) is 4.82. The molecule has 4 heteroatoms. The average Bonchev–Trinajstić information content (AvgIpc) is 2.25. The van der Waals surface area contributed by atoms with Gasteiger partial charge in [0.05, 0.1) is 0 Å². The molecule has 0 radical (unpaired) electrons. The first-order chi connectivity index (χ1) is 8.47. The maximum Gasteiger partial charge on any atom is 0.254 e. The van der Waals surface area contributed by atoms with Gasteiger partial charge in [-0.3, -0.25) is 4.79 Å². The van der Waals surface area contributed by atoms with E-state index >= 15 is 0 Å². The molecule has 1 N–H and O–H groups in total. The molecule has 0 aliphatic carbocycles. The zero-order chi connectivity index (χ0) is 13.3. The van der Waals surface area contributed by atoms with Gasteiger partial charge < -0.3 is 4.98 Å². The molecule has 3 nitrogen and oxygen atoms in total. The molecular formula is C15H19ClN2O. The first-order valence-corrected chi connectivity index (χ1v) is 6.10. The Kier molecular flexibility index (Phi) is 4.90. The highest BCUT2D eigenvalue weighted by Gasteiger charge is 2.09. The van der Waals surface area contributed by atoms with Crippen LogP contribution in [0, 0.1) is 27.7 Å². The fourth-order valence-corrected chi connectivity index (χ4v) is 2.19. The highest BCUT2D eigenvalue weighted by atomic mass is 35.5. The van der Waals surface area contributed by atoms with Gasteiger partial charge in [-0.1, -0.05) is 23.8 Å². The number of hydrogen-bond donors (Lipinski definition) is 1. The number of hydrogen-bond acceptors (Lipinski definition) is 2. The van der Waals surface area contributed by atoms with Gasteiger partial charge in [-0.2, -0.15) is 0 Å². The number of H-pyrrole nitrogens is 1. The van der Waals surface area contributed by atoms with E-state index < -0.39 is 0 Å². The third-order valence-corrected chi connectivity index (χ3v) is 3.21. The quantitative estimate of drug-likeness (QED) is 0.918. The first kappa shape index (κ1) is 15.4. The van der Waals surface area contributed by atoms with Crippen LogP contribution in [0.4, 0.5) is 0 Å². The van der Waals surface area contributed by atoms with E-state index in [2.05, 4.69) is 42.0 Å². The molecule has 1 aromatic carbocycles. The van der Waals surface area contributed by atoms with Crippen LogP contribution in [0.2, 0.25) is 0 Å². The molecule has 1 aromatic heterocycles. The van der Waals surface area contributed by atoms with E-state index in [0.717, 1.165) is 11.3 Å². The number of benzene rings is 1. The molecule has 0 saturated carbocycles. The zero-order valence-electron chi connectivity index (χ0n) is 11.7. The lowest BCUT2D eigenvalue weighted by Crippen LogP contribution is -2.18. The van der Waals surface area contributed by atoms with Gasteiger partial charge in [0.15, 0.2) is 0 Å². The summed E-state index contributed by atoms with van der Waals surface area (Å²) in [6.45, 7) is 7.84. The van der Waals surface area contributed by atoms with Crippen molar-refractivity contribution in [2.75, 3.05) is 0 Å². The van der Waals surface area contributed by atoms with E-state index in [0.29, 0.717) is 12.2 Å². The van der Waals surface area contributed by atoms with E-state index in [4.69, 9.17) is 0 Å². The highest BCUT2D eigenvalue weighted by Crippen LogP contribution is 2.14. The predicted octanol–water partition coefficient (Wildman–Crippen LogP) is 3.02. The predicted molar refractivity (Wildman–Crippen MR) is 80.3 cm³/mol. The van der Waals surface area contributed by atoms with Crippen LogP contribution in [0.15, 0.2) is 23.0 Å². The molecule has 0 unspecified atom stereocenters. The fraction of sp³-hybridized carbons (Fsp3) is 0.333. The molecular weight excluding hydrogens is 260 g/mol. The Hall–Kier alpha value is -1.61. The lowest BCUT2D eigenvalue weighted by Gasteiger charge is -2.08. The summed E-state index contributed by atoms with van der Waals surface area (Å²) >= 11 is 0. The number of aryl methyl sites for hydroxylation is 4. The van der Waals surface area contributed by atoms with Crippen molar-refractivity contribution in [2.24, 2.45) is 0 Å². The standard InChI is InChI=1S/C15H18N2O.ClH/c1-9-5-6-13(10(2)7-9)8-14-11(3)16-12(4)17-15(14)18;/h5-7H,8H2,1-4H3,(H,16,17,18);1H. The highest BCUT2D eigenvalue weighted by molar-refractivity contribution is 5.85. The van der Waals surface area contributed by atoms with Gasteiger partial charge in [-0.25, -0.2) is 4.98 Å². The Labute approximate surface area is 119 Å². The van der Waals surface area contributed by atoms with Gasteiger partial charge in [-0.05, 0) is 38.8 Å². The average molecular weight is 279 g/mol. The van der Waals surface area contributed by atoms with Crippen molar-refractivity contribution in [3.05, 3.63) is 62.3 Å². The van der Waals surface area contributed by atoms with Crippen LogP contribution in [0.5, 0.6) is 0 Å². The van der Waals surface area contributed by atoms with Gasteiger partial charge in [-0.15, -0.1) is 12.4 Å². The first-order valence-electron chi connectivity index (χ1n) is 6.10. The third-order valence-electron chi connectivity index (χ3n) is 3.21. The minimum Gasteiger partial charge on any atom is -0.311 e. The Morgan fingerprint density at radius 3 is 2.42 bits per heavy atom. The Balaban J connectivity index is 0.00000180. The number of rotatable bonds is 2. The van der Waals surface area contributed by atoms with Crippen molar-refractivity contribution < 1.29 is 0 Å². The van der Waals surface area contributed by atoms with Crippen molar-refractivity contribution in [1.82, 2.24) is 9.97 Å². The smallest absolute Gasteiger partial charge is 0.254 e. The summed E-state index contributed by atoms with van der Waals surface area (Å²) in [5.41, 5.74) is 5.18. The van der Waals surface area contributed by atoms with Crippen molar-refractivity contribution in [3.63, 3.8) is 0 Å². The summed E-state index contributed by atoms with van der Waals surface area (Å²) in [5, 5.41) is 0. The number of aromatic amines is 1. The second-order valence-corrected chi connectivity index (χ2v) is 4.82. The molecule has 0 saturated heterocycles. The van der Waals surface area contributed by atoms with Crippen LogP contribution >= 0.6 is 12.4 Å². The van der Waals surface area contributed by atoms with Gasteiger partial charge in [0, 0.05) is 17.7 Å². The normalized spacial score (nSPS) is 10.1. The largest absolute Gasteiger partial charge is 0.311 e. The van der Waals surface area contributed by atoms with E-state index in [9.17, 15) is 4.79 Å². The molecule has 0 bridgehead atoms. The molecule has 1 heterocycles. The van der Waals surface area contributed by atoms with Crippen LogP contribution in [-0.2, 0) is 6.42 Å². The minimum absolute atomic E-state index is 0. The van der Waals surface area contributed by atoms with Crippen molar-refractivity contribution >= 4 is 12.4 Å². The lowest BCUT2D eigenvalue weighted by atomic mass is 9.99. The third kappa shape index (κ3) is 3.44. The van der Waals surface area contributed by atoms with Crippen LogP contribution in [0.25, 0.3) is 0 Å². The molecule has 102 valence electrons. The van der Waals surface area contributed by atoms with Crippen LogP contribution in [0.1, 0.15) is 33.8 Å². The van der Waals surface area contributed by atoms with Crippen molar-refractivity contribution in [3.8, 4) is 0 Å². The van der Waals surface area contributed by atoms with Gasteiger partial charge in [0.2, 0.25) is 0 Å². The van der Waals surface area contributed by atoms with Crippen LogP contribution in [0.3, 0.4) is 0 Å². The summed E-state index contributed by atoms with van der Waals surface area (Å²) in [6, 6.07) is 6.30. The molecule has 0 fully saturated rings. The summed E-state index contributed by atoms with van der Waals surface area (Å²) in [7, 11) is 0. The molecule has 19 heavy (non-hydrogen) atoms. The van der Waals surface area contributed by atoms with E-state index in [1.165, 1.54) is 16.7 Å². The van der Waals surface area contributed by atoms with Gasteiger partial charge in [0.1, 0.15) is 5.82 Å². The molecule has 0 aliphatic rings. The molecule has 0 atom stereocenters. The summed E-state index contributed by atoms with van der Waals surface area (Å²) in [4.78, 5) is 19.0. The summed E-state index contributed by atoms with van der Waals surface area (Å²) in [6.07, 6.45) is 0.639. The van der Waals surface area contributed by atoms with E-state index in [1.807, 2.05) is 6.92 Å². The number of nitrogens with zero attached hydrogens (tertiary/aromatic N) is 1. The molecule has 0 aliphatic heterocycles. The van der Waals surface area contributed by atoms with Gasteiger partial charge in [0.25, 0.3) is 5.56 Å². The van der Waals surface area contributed by atoms with Crippen molar-refractivity contribution in [2.45, 2.75) is 34.1 Å². The minimum atomic E-state index is -0.0278. The van der Waals surface area contributed by atoms with Gasteiger partial charge >= 0.3 is 0 Å². The zero-order valence-corrected chi connectivity index (χ0v) is 12.5. The number of nitrogens with one attached hydrogen (secondary N) is 1. The van der Waals surface area contributed by atoms with E-state index in [1.54, 1.807) is 6.92 Å². The SMILES string of the molecule is Cc1ccc(Cc2c(C)nc(C)[nH]c2=O)c(C)c1.Cl. The Morgan fingerprint density at radius 1 is 1.16 bits per heavy atom. The molecule has 0 spiro atoms. The van der Waals surface area contributed by atoms with Crippen molar-refractivity contribution in [1.29, 1.82) is 0 Å². The molecule has 2 rings (SSSR count). The maximum atomic E-state index is 11.9. The monoisotopic (exact) mass is 278 g/mol. The Morgan fingerprint density at radius 2 is 1.84 bits per heavy atom. The molecule has 0 amide bonds. The Bertz CT molecular complexity index is 647. The topological polar surface area (TPSA) is 45.8 Å². The summed E-state index contributed by atoms with van der Waals surface area (Å²) < 4.78 is 0. The van der Waals surface area contributed by atoms with Crippen LogP contribution in [-0.4, -0.2) is 9.97 Å².